The highest BCUT2D eigenvalue weighted by molar-refractivity contribution is 5.87. The van der Waals surface area contributed by atoms with E-state index in [9.17, 15) is 0 Å². The Labute approximate surface area is 153 Å². The van der Waals surface area contributed by atoms with Crippen molar-refractivity contribution in [1.82, 2.24) is 0 Å². The molecule has 0 spiro atoms. The highest BCUT2D eigenvalue weighted by atomic mass is 14.6. The fraction of sp³-hybridized carbons (Fsp3) is 0.0400. The summed E-state index contributed by atoms with van der Waals surface area (Å²) in [5.41, 5.74) is 14.4. The predicted octanol–water partition coefficient (Wildman–Crippen LogP) is 5.63. The van der Waals surface area contributed by atoms with E-state index in [2.05, 4.69) is 97.1 Å². The predicted molar refractivity (Wildman–Crippen MR) is 108 cm³/mol. The summed E-state index contributed by atoms with van der Waals surface area (Å²) >= 11 is 0. The van der Waals surface area contributed by atoms with Crippen LogP contribution in [-0.4, -0.2) is 0 Å². The summed E-state index contributed by atoms with van der Waals surface area (Å²) in [4.78, 5) is 0. The number of hydrogen-bond donors (Lipinski definition) is 1. The fourth-order valence-electron chi connectivity index (χ4n) is 4.46. The topological polar surface area (TPSA) is 26.0 Å². The molecule has 0 saturated carbocycles. The molecule has 26 heavy (non-hydrogen) atoms. The van der Waals surface area contributed by atoms with Gasteiger partial charge in [0.05, 0.1) is 5.41 Å². The Bertz CT molecular complexity index is 1040. The van der Waals surface area contributed by atoms with Gasteiger partial charge in [-0.1, -0.05) is 91.0 Å². The number of fused-ring (bicyclic) bond motifs is 3. The van der Waals surface area contributed by atoms with E-state index >= 15 is 0 Å². The van der Waals surface area contributed by atoms with Crippen molar-refractivity contribution in [3.05, 3.63) is 125 Å². The van der Waals surface area contributed by atoms with Gasteiger partial charge in [0.2, 0.25) is 0 Å². The van der Waals surface area contributed by atoms with Crippen molar-refractivity contribution in [3.8, 4) is 11.1 Å². The molecule has 1 aliphatic rings. The van der Waals surface area contributed by atoms with Crippen LogP contribution in [0.15, 0.2) is 103 Å². The van der Waals surface area contributed by atoms with Gasteiger partial charge in [0.1, 0.15) is 0 Å². The Morgan fingerprint density at radius 3 is 1.69 bits per heavy atom. The molecule has 4 aromatic rings. The molecule has 0 saturated heterocycles. The van der Waals surface area contributed by atoms with E-state index in [-0.39, 0.29) is 5.41 Å². The largest absolute Gasteiger partial charge is 0.399 e. The van der Waals surface area contributed by atoms with Crippen LogP contribution in [0.25, 0.3) is 11.1 Å². The summed E-state index contributed by atoms with van der Waals surface area (Å²) in [6, 6.07) is 36.6. The standard InChI is InChI=1S/C25H19N/c26-20-15-16-22-21-13-7-8-14-23(21)25(24(22)17-20,18-9-3-1-4-10-18)19-11-5-2-6-12-19/h1-17H,26H2. The van der Waals surface area contributed by atoms with Gasteiger partial charge >= 0.3 is 0 Å². The van der Waals surface area contributed by atoms with Gasteiger partial charge in [0.25, 0.3) is 0 Å². The number of rotatable bonds is 2. The summed E-state index contributed by atoms with van der Waals surface area (Å²) in [5, 5.41) is 0. The van der Waals surface area contributed by atoms with E-state index in [0.717, 1.165) is 5.69 Å². The molecular weight excluding hydrogens is 314 g/mol. The highest BCUT2D eigenvalue weighted by Gasteiger charge is 2.45. The monoisotopic (exact) mass is 333 g/mol. The molecule has 1 aliphatic carbocycles. The van der Waals surface area contributed by atoms with E-state index < -0.39 is 0 Å². The molecule has 0 unspecified atom stereocenters. The van der Waals surface area contributed by atoms with Crippen molar-refractivity contribution in [2.75, 3.05) is 5.73 Å². The van der Waals surface area contributed by atoms with Gasteiger partial charge in [-0.15, -0.1) is 0 Å². The minimum Gasteiger partial charge on any atom is -0.399 e. The van der Waals surface area contributed by atoms with Crippen LogP contribution in [0.2, 0.25) is 0 Å². The fourth-order valence-corrected chi connectivity index (χ4v) is 4.46. The number of benzene rings is 4. The maximum Gasteiger partial charge on any atom is 0.0714 e. The molecule has 2 N–H and O–H groups in total. The molecule has 0 atom stereocenters. The van der Waals surface area contributed by atoms with E-state index in [1.165, 1.54) is 33.4 Å². The Morgan fingerprint density at radius 2 is 1.04 bits per heavy atom. The summed E-state index contributed by atoms with van der Waals surface area (Å²) in [6.07, 6.45) is 0. The molecule has 0 bridgehead atoms. The first-order chi connectivity index (χ1) is 12.8. The Hall–Kier alpha value is -3.32. The summed E-state index contributed by atoms with van der Waals surface area (Å²) in [5.74, 6) is 0. The van der Waals surface area contributed by atoms with Crippen LogP contribution in [0, 0.1) is 0 Å². The maximum atomic E-state index is 6.24. The maximum absolute atomic E-state index is 6.24. The Morgan fingerprint density at radius 1 is 0.500 bits per heavy atom. The van der Waals surface area contributed by atoms with Gasteiger partial charge in [-0.3, -0.25) is 0 Å². The average Bonchev–Trinajstić information content (AvgIpc) is 3.00. The molecule has 124 valence electrons. The van der Waals surface area contributed by atoms with Crippen molar-refractivity contribution in [2.45, 2.75) is 5.41 Å². The molecule has 0 fully saturated rings. The first kappa shape index (κ1) is 15.0. The zero-order valence-corrected chi connectivity index (χ0v) is 14.4. The van der Waals surface area contributed by atoms with Crippen molar-refractivity contribution >= 4 is 5.69 Å². The number of nitrogens with two attached hydrogens (primary N) is 1. The van der Waals surface area contributed by atoms with Gasteiger partial charge in [0, 0.05) is 5.69 Å². The third kappa shape index (κ3) is 1.91. The van der Waals surface area contributed by atoms with Crippen LogP contribution in [-0.2, 0) is 5.41 Å². The lowest BCUT2D eigenvalue weighted by Gasteiger charge is -2.33. The first-order valence-corrected chi connectivity index (χ1v) is 8.93. The second kappa shape index (κ2) is 5.60. The summed E-state index contributed by atoms with van der Waals surface area (Å²) in [6.45, 7) is 0. The van der Waals surface area contributed by atoms with Crippen LogP contribution in [0.4, 0.5) is 5.69 Å². The SMILES string of the molecule is Nc1ccc2c(c1)C(c1ccccc1)(c1ccccc1)c1ccccc1-2. The van der Waals surface area contributed by atoms with Gasteiger partial charge in [-0.05, 0) is 45.5 Å². The molecule has 0 heterocycles. The third-order valence-corrected chi connectivity index (χ3v) is 5.48. The number of hydrogen-bond acceptors (Lipinski definition) is 1. The van der Waals surface area contributed by atoms with Crippen LogP contribution in [0.5, 0.6) is 0 Å². The lowest BCUT2D eigenvalue weighted by Crippen LogP contribution is -2.28. The Balaban J connectivity index is 1.99. The van der Waals surface area contributed by atoms with Crippen molar-refractivity contribution in [3.63, 3.8) is 0 Å². The highest BCUT2D eigenvalue weighted by Crippen LogP contribution is 2.56. The molecule has 1 heteroatoms. The summed E-state index contributed by atoms with van der Waals surface area (Å²) < 4.78 is 0. The quantitative estimate of drug-likeness (QED) is 0.416. The Kier molecular flexibility index (Phi) is 3.23. The molecule has 0 amide bonds. The zero-order chi connectivity index (χ0) is 17.6. The molecule has 0 aliphatic heterocycles. The van der Waals surface area contributed by atoms with Crippen LogP contribution < -0.4 is 5.73 Å². The lowest BCUT2D eigenvalue weighted by molar-refractivity contribution is 0.769. The first-order valence-electron chi connectivity index (χ1n) is 8.93. The molecule has 1 nitrogen and oxygen atoms in total. The summed E-state index contributed by atoms with van der Waals surface area (Å²) in [7, 11) is 0. The lowest BCUT2D eigenvalue weighted by atomic mass is 9.67. The second-order valence-corrected chi connectivity index (χ2v) is 6.83. The van der Waals surface area contributed by atoms with Crippen LogP contribution in [0.3, 0.4) is 0 Å². The minimum absolute atomic E-state index is 0.343. The number of anilines is 1. The van der Waals surface area contributed by atoms with Crippen LogP contribution in [0.1, 0.15) is 22.3 Å². The molecule has 4 aromatic carbocycles. The van der Waals surface area contributed by atoms with Crippen molar-refractivity contribution in [1.29, 1.82) is 0 Å². The molecular formula is C25H19N. The van der Waals surface area contributed by atoms with Crippen molar-refractivity contribution < 1.29 is 0 Å². The van der Waals surface area contributed by atoms with E-state index in [1.807, 2.05) is 6.07 Å². The van der Waals surface area contributed by atoms with E-state index in [4.69, 9.17) is 5.73 Å². The molecule has 0 radical (unpaired) electrons. The zero-order valence-electron chi connectivity index (χ0n) is 14.4. The smallest absolute Gasteiger partial charge is 0.0714 e. The van der Waals surface area contributed by atoms with E-state index in [1.54, 1.807) is 0 Å². The van der Waals surface area contributed by atoms with Gasteiger partial charge in [-0.25, -0.2) is 0 Å². The average molecular weight is 333 g/mol. The minimum atomic E-state index is -0.343. The van der Waals surface area contributed by atoms with Gasteiger partial charge in [0.15, 0.2) is 0 Å². The normalized spacial score (nSPS) is 13.8. The van der Waals surface area contributed by atoms with Crippen molar-refractivity contribution in [2.24, 2.45) is 0 Å². The van der Waals surface area contributed by atoms with Crippen LogP contribution >= 0.6 is 0 Å². The van der Waals surface area contributed by atoms with Gasteiger partial charge < -0.3 is 5.73 Å². The molecule has 5 rings (SSSR count). The molecule has 0 aromatic heterocycles. The van der Waals surface area contributed by atoms with E-state index in [0.29, 0.717) is 0 Å². The second-order valence-electron chi connectivity index (χ2n) is 6.83. The third-order valence-electron chi connectivity index (χ3n) is 5.48. The van der Waals surface area contributed by atoms with Gasteiger partial charge in [-0.2, -0.15) is 0 Å². The number of nitrogen functional groups attached to an aromatic ring is 1.